The summed E-state index contributed by atoms with van der Waals surface area (Å²) in [6.07, 6.45) is 2.08. The Labute approximate surface area is 154 Å². The fourth-order valence-electron chi connectivity index (χ4n) is 2.83. The molecule has 1 aromatic heterocycles. The van der Waals surface area contributed by atoms with Crippen molar-refractivity contribution < 1.29 is 13.2 Å². The van der Waals surface area contributed by atoms with Gasteiger partial charge in [-0.1, -0.05) is 23.7 Å². The van der Waals surface area contributed by atoms with E-state index in [1.807, 2.05) is 0 Å². The predicted octanol–water partition coefficient (Wildman–Crippen LogP) is 2.90. The number of thiazole rings is 1. The van der Waals surface area contributed by atoms with Gasteiger partial charge in [0.05, 0.1) is 21.5 Å². The van der Waals surface area contributed by atoms with E-state index in [0.29, 0.717) is 35.2 Å². The Morgan fingerprint density at radius 3 is 2.80 bits per heavy atom. The summed E-state index contributed by atoms with van der Waals surface area (Å²) < 4.78 is 26.3. The Bertz CT molecular complexity index is 938. The Kier molecular flexibility index (Phi) is 4.31. The van der Waals surface area contributed by atoms with Gasteiger partial charge in [0.15, 0.2) is 5.13 Å². The van der Waals surface area contributed by atoms with E-state index in [2.05, 4.69) is 10.3 Å². The Morgan fingerprint density at radius 1 is 1.32 bits per heavy atom. The highest BCUT2D eigenvalue weighted by molar-refractivity contribution is 7.90. The molecule has 0 spiro atoms. The van der Waals surface area contributed by atoms with Crippen molar-refractivity contribution in [3.05, 3.63) is 45.4 Å². The zero-order valence-corrected chi connectivity index (χ0v) is 15.6. The predicted molar refractivity (Wildman–Crippen MR) is 97.6 cm³/mol. The van der Waals surface area contributed by atoms with Crippen molar-refractivity contribution in [2.45, 2.75) is 31.1 Å². The van der Waals surface area contributed by atoms with Crippen LogP contribution in [0.2, 0.25) is 5.02 Å². The molecule has 1 amide bonds. The maximum Gasteiger partial charge on any atom is 0.258 e. The molecule has 6 nitrogen and oxygen atoms in total. The van der Waals surface area contributed by atoms with E-state index in [0.717, 1.165) is 23.4 Å². The van der Waals surface area contributed by atoms with Crippen LogP contribution < -0.4 is 5.32 Å². The summed E-state index contributed by atoms with van der Waals surface area (Å²) in [5.41, 5.74) is 1.25. The molecule has 4 rings (SSSR count). The van der Waals surface area contributed by atoms with Crippen molar-refractivity contribution >= 4 is 44.0 Å². The van der Waals surface area contributed by atoms with Gasteiger partial charge in [0, 0.05) is 24.4 Å². The van der Waals surface area contributed by atoms with Gasteiger partial charge in [0.1, 0.15) is 0 Å². The lowest BCUT2D eigenvalue weighted by atomic mass is 10.2. The second-order valence-corrected chi connectivity index (χ2v) is 9.85. The standard InChI is InChI=1S/C16H16ClN3O3S2/c17-12-4-2-1-3-11(12)15(21)19-16-18-13-7-8-20(9-14(13)24-16)25(22,23)10-5-6-10/h1-4,10H,5-9H2,(H,18,19,21). The molecule has 1 N–H and O–H groups in total. The van der Waals surface area contributed by atoms with Crippen LogP contribution in [-0.2, 0) is 23.0 Å². The number of aromatic nitrogens is 1. The Hall–Kier alpha value is -1.48. The average molecular weight is 398 g/mol. The highest BCUT2D eigenvalue weighted by Gasteiger charge is 2.41. The van der Waals surface area contributed by atoms with Crippen molar-refractivity contribution in [2.24, 2.45) is 0 Å². The van der Waals surface area contributed by atoms with Crippen LogP contribution in [0.15, 0.2) is 24.3 Å². The molecule has 132 valence electrons. The van der Waals surface area contributed by atoms with Gasteiger partial charge in [-0.3, -0.25) is 10.1 Å². The number of carbonyl (C=O) groups is 1. The second kappa shape index (κ2) is 6.35. The molecule has 0 radical (unpaired) electrons. The maximum atomic E-state index is 12.4. The topological polar surface area (TPSA) is 79.4 Å². The monoisotopic (exact) mass is 397 g/mol. The van der Waals surface area contributed by atoms with E-state index in [1.54, 1.807) is 28.6 Å². The highest BCUT2D eigenvalue weighted by atomic mass is 35.5. The molecule has 2 heterocycles. The number of nitrogens with zero attached hydrogens (tertiary/aromatic N) is 2. The maximum absolute atomic E-state index is 12.4. The van der Waals surface area contributed by atoms with E-state index >= 15 is 0 Å². The zero-order chi connectivity index (χ0) is 17.6. The molecule has 2 aromatic rings. The first-order valence-electron chi connectivity index (χ1n) is 7.98. The van der Waals surface area contributed by atoms with E-state index in [1.165, 1.54) is 11.3 Å². The molecule has 1 aliphatic carbocycles. The van der Waals surface area contributed by atoms with Gasteiger partial charge in [0.2, 0.25) is 10.0 Å². The SMILES string of the molecule is O=C(Nc1nc2c(s1)CN(S(=O)(=O)C1CC1)CC2)c1ccccc1Cl. The molecule has 1 aliphatic heterocycles. The van der Waals surface area contributed by atoms with Crippen molar-refractivity contribution in [3.63, 3.8) is 0 Å². The van der Waals surface area contributed by atoms with Crippen LogP contribution in [0.4, 0.5) is 5.13 Å². The van der Waals surface area contributed by atoms with Crippen molar-refractivity contribution in [1.29, 1.82) is 0 Å². The van der Waals surface area contributed by atoms with Gasteiger partial charge >= 0.3 is 0 Å². The first-order valence-corrected chi connectivity index (χ1v) is 10.7. The lowest BCUT2D eigenvalue weighted by Gasteiger charge is -2.25. The quantitative estimate of drug-likeness (QED) is 0.860. The number of carbonyl (C=O) groups excluding carboxylic acids is 1. The van der Waals surface area contributed by atoms with Gasteiger partial charge in [-0.15, -0.1) is 11.3 Å². The average Bonchev–Trinajstić information content (AvgIpc) is 3.36. The van der Waals surface area contributed by atoms with Crippen LogP contribution in [0, 0.1) is 0 Å². The molecular weight excluding hydrogens is 382 g/mol. The minimum atomic E-state index is -3.19. The number of hydrogen-bond donors (Lipinski definition) is 1. The summed E-state index contributed by atoms with van der Waals surface area (Å²) in [6, 6.07) is 6.81. The normalized spacial score (nSPS) is 18.0. The lowest BCUT2D eigenvalue weighted by Crippen LogP contribution is -2.37. The van der Waals surface area contributed by atoms with E-state index in [9.17, 15) is 13.2 Å². The van der Waals surface area contributed by atoms with Gasteiger partial charge < -0.3 is 0 Å². The minimum absolute atomic E-state index is 0.207. The number of hydrogen-bond acceptors (Lipinski definition) is 5. The van der Waals surface area contributed by atoms with Gasteiger partial charge in [-0.2, -0.15) is 4.31 Å². The summed E-state index contributed by atoms with van der Waals surface area (Å²) in [7, 11) is -3.19. The molecular formula is C16H16ClN3O3S2. The number of halogens is 1. The van der Waals surface area contributed by atoms with Crippen molar-refractivity contribution in [1.82, 2.24) is 9.29 Å². The Morgan fingerprint density at radius 2 is 2.08 bits per heavy atom. The number of benzene rings is 1. The molecule has 1 saturated carbocycles. The largest absolute Gasteiger partial charge is 0.298 e. The van der Waals surface area contributed by atoms with Crippen molar-refractivity contribution in [3.8, 4) is 0 Å². The third-order valence-corrected chi connectivity index (χ3v) is 8.01. The van der Waals surface area contributed by atoms with Gasteiger partial charge in [0.25, 0.3) is 5.91 Å². The first kappa shape index (κ1) is 17.0. The Balaban J connectivity index is 1.51. The molecule has 1 aromatic carbocycles. The van der Waals surface area contributed by atoms with E-state index < -0.39 is 10.0 Å². The van der Waals surface area contributed by atoms with Crippen LogP contribution in [0.3, 0.4) is 0 Å². The van der Waals surface area contributed by atoms with E-state index in [4.69, 9.17) is 11.6 Å². The zero-order valence-electron chi connectivity index (χ0n) is 13.2. The van der Waals surface area contributed by atoms with Crippen LogP contribution in [0.1, 0.15) is 33.8 Å². The van der Waals surface area contributed by atoms with Crippen LogP contribution >= 0.6 is 22.9 Å². The third-order valence-electron chi connectivity index (χ3n) is 4.34. The van der Waals surface area contributed by atoms with E-state index in [-0.39, 0.29) is 11.2 Å². The number of nitrogens with one attached hydrogen (secondary N) is 1. The number of amides is 1. The first-order chi connectivity index (χ1) is 11.9. The lowest BCUT2D eigenvalue weighted by molar-refractivity contribution is 0.102. The number of fused-ring (bicyclic) bond motifs is 1. The fourth-order valence-corrected chi connectivity index (χ4v) is 5.96. The minimum Gasteiger partial charge on any atom is -0.298 e. The molecule has 0 atom stereocenters. The summed E-state index contributed by atoms with van der Waals surface area (Å²) in [4.78, 5) is 17.7. The van der Waals surface area contributed by atoms with Crippen LogP contribution in [-0.4, -0.2) is 35.4 Å². The molecule has 0 unspecified atom stereocenters. The molecule has 25 heavy (non-hydrogen) atoms. The van der Waals surface area contributed by atoms with Crippen LogP contribution in [0.5, 0.6) is 0 Å². The molecule has 9 heteroatoms. The molecule has 0 bridgehead atoms. The number of rotatable bonds is 4. The summed E-state index contributed by atoms with van der Waals surface area (Å²) in [5.74, 6) is -0.320. The second-order valence-electron chi connectivity index (χ2n) is 6.15. The molecule has 0 saturated heterocycles. The van der Waals surface area contributed by atoms with Crippen molar-refractivity contribution in [2.75, 3.05) is 11.9 Å². The molecule has 1 fully saturated rings. The molecule has 2 aliphatic rings. The smallest absolute Gasteiger partial charge is 0.258 e. The fraction of sp³-hybridized carbons (Fsp3) is 0.375. The summed E-state index contributed by atoms with van der Waals surface area (Å²) in [6.45, 7) is 0.793. The number of sulfonamides is 1. The highest BCUT2D eigenvalue weighted by Crippen LogP contribution is 2.35. The van der Waals surface area contributed by atoms with Crippen LogP contribution in [0.25, 0.3) is 0 Å². The number of anilines is 1. The third kappa shape index (κ3) is 3.31. The summed E-state index contributed by atoms with van der Waals surface area (Å²) in [5, 5.41) is 3.40. The summed E-state index contributed by atoms with van der Waals surface area (Å²) >= 11 is 7.36. The van der Waals surface area contributed by atoms with Gasteiger partial charge in [-0.25, -0.2) is 13.4 Å². The van der Waals surface area contributed by atoms with Gasteiger partial charge in [-0.05, 0) is 25.0 Å².